The number of rotatable bonds is 5. The Hall–Kier alpha value is -1.69. The summed E-state index contributed by atoms with van der Waals surface area (Å²) in [4.78, 5) is 24.9. The Morgan fingerprint density at radius 1 is 1.38 bits per heavy atom. The largest absolute Gasteiger partial charge is 0.478 e. The van der Waals surface area contributed by atoms with Gasteiger partial charge in [-0.25, -0.2) is 9.59 Å². The van der Waals surface area contributed by atoms with Gasteiger partial charge in [-0.05, 0) is 48.6 Å². The summed E-state index contributed by atoms with van der Waals surface area (Å²) in [5.74, 6) is 0.0790. The Morgan fingerprint density at radius 3 is 2.76 bits per heavy atom. The van der Waals surface area contributed by atoms with Gasteiger partial charge in [-0.15, -0.1) is 0 Å². The number of aromatic carboxylic acids is 1. The van der Waals surface area contributed by atoms with Gasteiger partial charge < -0.3 is 15.3 Å². The fourth-order valence-electron chi connectivity index (χ4n) is 2.34. The molecule has 1 aromatic rings. The molecule has 5 nitrogen and oxygen atoms in total. The SMILES string of the molecule is CSCCC(C)NC(=O)N1Cc2ccc(C(=O)O)cc2C1. The summed E-state index contributed by atoms with van der Waals surface area (Å²) in [6.07, 6.45) is 2.99. The Morgan fingerprint density at radius 2 is 2.10 bits per heavy atom. The molecule has 1 unspecified atom stereocenters. The maximum atomic E-state index is 12.2. The van der Waals surface area contributed by atoms with Gasteiger partial charge in [-0.1, -0.05) is 6.07 Å². The molecule has 0 fully saturated rings. The number of urea groups is 1. The van der Waals surface area contributed by atoms with Crippen molar-refractivity contribution in [2.75, 3.05) is 12.0 Å². The third-order valence-corrected chi connectivity index (χ3v) is 4.23. The van der Waals surface area contributed by atoms with E-state index in [-0.39, 0.29) is 17.6 Å². The number of carboxylic acid groups (broad SMARTS) is 1. The highest BCUT2D eigenvalue weighted by Crippen LogP contribution is 2.24. The van der Waals surface area contributed by atoms with Crippen LogP contribution in [0.15, 0.2) is 18.2 Å². The summed E-state index contributed by atoms with van der Waals surface area (Å²) in [5.41, 5.74) is 2.21. The molecule has 0 spiro atoms. The van der Waals surface area contributed by atoms with Gasteiger partial charge in [0, 0.05) is 19.1 Å². The van der Waals surface area contributed by atoms with Gasteiger partial charge in [0.15, 0.2) is 0 Å². The van der Waals surface area contributed by atoms with Crippen molar-refractivity contribution in [2.45, 2.75) is 32.5 Å². The molecule has 1 aliphatic heterocycles. The van der Waals surface area contributed by atoms with Crippen molar-refractivity contribution in [1.29, 1.82) is 0 Å². The summed E-state index contributed by atoms with van der Waals surface area (Å²) in [6.45, 7) is 3.01. The first-order valence-electron chi connectivity index (χ1n) is 6.90. The normalized spacial score (nSPS) is 14.7. The molecule has 1 aromatic carbocycles. The molecule has 114 valence electrons. The Kier molecular flexibility index (Phi) is 5.12. The van der Waals surface area contributed by atoms with Crippen molar-refractivity contribution >= 4 is 23.8 Å². The second kappa shape index (κ2) is 6.85. The minimum atomic E-state index is -0.939. The lowest BCUT2D eigenvalue weighted by molar-refractivity contribution is 0.0696. The zero-order valence-electron chi connectivity index (χ0n) is 12.3. The predicted octanol–water partition coefficient (Wildman–Crippen LogP) is 2.55. The molecule has 1 aliphatic rings. The second-order valence-corrected chi connectivity index (χ2v) is 6.26. The van der Waals surface area contributed by atoms with Crippen LogP contribution in [0.25, 0.3) is 0 Å². The highest BCUT2D eigenvalue weighted by atomic mass is 32.2. The minimum Gasteiger partial charge on any atom is -0.478 e. The average molecular weight is 308 g/mol. The van der Waals surface area contributed by atoms with Crippen LogP contribution in [0.4, 0.5) is 4.79 Å². The number of carbonyl (C=O) groups is 2. The van der Waals surface area contributed by atoms with E-state index in [0.717, 1.165) is 23.3 Å². The molecule has 2 amide bonds. The van der Waals surface area contributed by atoms with Crippen LogP contribution in [0, 0.1) is 0 Å². The van der Waals surface area contributed by atoms with E-state index in [0.29, 0.717) is 13.1 Å². The smallest absolute Gasteiger partial charge is 0.335 e. The van der Waals surface area contributed by atoms with Crippen molar-refractivity contribution in [3.05, 3.63) is 34.9 Å². The van der Waals surface area contributed by atoms with Crippen LogP contribution in [0.3, 0.4) is 0 Å². The standard InChI is InChI=1S/C15H20N2O3S/c1-10(5-6-21-2)16-15(20)17-8-12-4-3-11(14(18)19)7-13(12)9-17/h3-4,7,10H,5-6,8-9H2,1-2H3,(H,16,20)(H,18,19). The summed E-state index contributed by atoms with van der Waals surface area (Å²) >= 11 is 1.76. The molecule has 21 heavy (non-hydrogen) atoms. The fourth-order valence-corrected chi connectivity index (χ4v) is 2.93. The molecule has 0 radical (unpaired) electrons. The van der Waals surface area contributed by atoms with Gasteiger partial charge in [0.1, 0.15) is 0 Å². The maximum Gasteiger partial charge on any atom is 0.335 e. The van der Waals surface area contributed by atoms with E-state index < -0.39 is 5.97 Å². The van der Waals surface area contributed by atoms with E-state index in [1.54, 1.807) is 34.9 Å². The lowest BCUT2D eigenvalue weighted by Gasteiger charge is -2.20. The number of amides is 2. The number of nitrogens with zero attached hydrogens (tertiary/aromatic N) is 1. The van der Waals surface area contributed by atoms with Crippen LogP contribution in [0.1, 0.15) is 34.8 Å². The lowest BCUT2D eigenvalue weighted by atomic mass is 10.1. The third-order valence-electron chi connectivity index (χ3n) is 3.59. The summed E-state index contributed by atoms with van der Waals surface area (Å²) in [6, 6.07) is 5.09. The van der Waals surface area contributed by atoms with Crippen LogP contribution in [0.5, 0.6) is 0 Å². The van der Waals surface area contributed by atoms with Gasteiger partial charge in [0.2, 0.25) is 0 Å². The zero-order valence-corrected chi connectivity index (χ0v) is 13.1. The molecule has 0 saturated heterocycles. The molecule has 0 bridgehead atoms. The van der Waals surface area contributed by atoms with E-state index in [1.807, 2.05) is 13.2 Å². The Bertz CT molecular complexity index is 548. The molecule has 0 aromatic heterocycles. The molecule has 0 aliphatic carbocycles. The lowest BCUT2D eigenvalue weighted by Crippen LogP contribution is -2.41. The molecule has 2 N–H and O–H groups in total. The van der Waals surface area contributed by atoms with E-state index in [4.69, 9.17) is 5.11 Å². The molecular formula is C15H20N2O3S. The second-order valence-electron chi connectivity index (χ2n) is 5.28. The number of nitrogens with one attached hydrogen (secondary N) is 1. The van der Waals surface area contributed by atoms with Gasteiger partial charge in [-0.3, -0.25) is 0 Å². The zero-order chi connectivity index (χ0) is 15.4. The van der Waals surface area contributed by atoms with Gasteiger partial charge in [0.05, 0.1) is 5.56 Å². The predicted molar refractivity (Wildman–Crippen MR) is 83.6 cm³/mol. The quantitative estimate of drug-likeness (QED) is 0.877. The van der Waals surface area contributed by atoms with E-state index in [9.17, 15) is 9.59 Å². The molecule has 6 heteroatoms. The van der Waals surface area contributed by atoms with Crippen molar-refractivity contribution in [2.24, 2.45) is 0 Å². The fraction of sp³-hybridized carbons (Fsp3) is 0.467. The highest BCUT2D eigenvalue weighted by Gasteiger charge is 2.24. The molecule has 0 saturated carbocycles. The van der Waals surface area contributed by atoms with Gasteiger partial charge >= 0.3 is 12.0 Å². The van der Waals surface area contributed by atoms with Crippen LogP contribution in [-0.2, 0) is 13.1 Å². The maximum absolute atomic E-state index is 12.2. The van der Waals surface area contributed by atoms with Crippen LogP contribution < -0.4 is 5.32 Å². The minimum absolute atomic E-state index is 0.0864. The van der Waals surface area contributed by atoms with Gasteiger partial charge in [-0.2, -0.15) is 11.8 Å². The number of benzene rings is 1. The summed E-state index contributed by atoms with van der Waals surface area (Å²) in [7, 11) is 0. The number of fused-ring (bicyclic) bond motifs is 1. The molecular weight excluding hydrogens is 288 g/mol. The number of hydrogen-bond donors (Lipinski definition) is 2. The van der Waals surface area contributed by atoms with Crippen molar-refractivity contribution in [3.63, 3.8) is 0 Å². The number of carboxylic acids is 1. The number of carbonyl (C=O) groups excluding carboxylic acids is 1. The number of hydrogen-bond acceptors (Lipinski definition) is 3. The van der Waals surface area contributed by atoms with Crippen molar-refractivity contribution in [3.8, 4) is 0 Å². The topological polar surface area (TPSA) is 69.6 Å². The van der Waals surface area contributed by atoms with E-state index in [2.05, 4.69) is 5.32 Å². The Labute approximate surface area is 128 Å². The van der Waals surface area contributed by atoms with E-state index in [1.165, 1.54) is 0 Å². The Balaban J connectivity index is 1.96. The first kappa shape index (κ1) is 15.7. The monoisotopic (exact) mass is 308 g/mol. The molecule has 1 heterocycles. The van der Waals surface area contributed by atoms with Gasteiger partial charge in [0.25, 0.3) is 0 Å². The van der Waals surface area contributed by atoms with Crippen molar-refractivity contribution < 1.29 is 14.7 Å². The van der Waals surface area contributed by atoms with Crippen LogP contribution in [-0.4, -0.2) is 40.1 Å². The highest BCUT2D eigenvalue weighted by molar-refractivity contribution is 7.98. The molecule has 2 rings (SSSR count). The third kappa shape index (κ3) is 3.91. The summed E-state index contributed by atoms with van der Waals surface area (Å²) in [5, 5.41) is 12.0. The number of thioether (sulfide) groups is 1. The van der Waals surface area contributed by atoms with Crippen LogP contribution >= 0.6 is 11.8 Å². The van der Waals surface area contributed by atoms with E-state index >= 15 is 0 Å². The first-order chi connectivity index (χ1) is 10.0. The molecule has 1 atom stereocenters. The summed E-state index contributed by atoms with van der Waals surface area (Å²) < 4.78 is 0. The first-order valence-corrected chi connectivity index (χ1v) is 8.30. The van der Waals surface area contributed by atoms with Crippen molar-refractivity contribution in [1.82, 2.24) is 10.2 Å². The van der Waals surface area contributed by atoms with Crippen LogP contribution in [0.2, 0.25) is 0 Å². The average Bonchev–Trinajstić information content (AvgIpc) is 2.87.